The molecule has 0 heterocycles. The van der Waals surface area contributed by atoms with Gasteiger partial charge in [-0.05, 0) is 48.9 Å². The molecule has 2 amide bonds. The highest BCUT2D eigenvalue weighted by Gasteiger charge is 2.05. The molecule has 2 rings (SSSR count). The third kappa shape index (κ3) is 3.45. The van der Waals surface area contributed by atoms with Crippen molar-refractivity contribution < 1.29 is 9.18 Å². The molecule has 0 aliphatic carbocycles. The highest BCUT2D eigenvalue weighted by atomic mass is 19.1. The first kappa shape index (κ1) is 12.9. The number of hydrogen-bond acceptors (Lipinski definition) is 2. The van der Waals surface area contributed by atoms with E-state index in [0.29, 0.717) is 17.1 Å². The molecule has 2 aromatic carbocycles. The van der Waals surface area contributed by atoms with E-state index in [1.807, 2.05) is 13.0 Å². The van der Waals surface area contributed by atoms with Gasteiger partial charge in [-0.3, -0.25) is 0 Å². The van der Waals surface area contributed by atoms with E-state index in [2.05, 4.69) is 10.6 Å². The lowest BCUT2D eigenvalue weighted by atomic mass is 10.2. The average molecular weight is 259 g/mol. The number of aryl methyl sites for hydroxylation is 1. The molecule has 0 bridgehead atoms. The van der Waals surface area contributed by atoms with Crippen molar-refractivity contribution in [3.63, 3.8) is 0 Å². The van der Waals surface area contributed by atoms with Gasteiger partial charge in [0.15, 0.2) is 0 Å². The zero-order chi connectivity index (χ0) is 13.8. The molecule has 0 aliphatic rings. The number of nitrogen functional groups attached to an aromatic ring is 1. The number of hydrogen-bond donors (Lipinski definition) is 3. The fraction of sp³-hybridized carbons (Fsp3) is 0.0714. The topological polar surface area (TPSA) is 67.1 Å². The number of anilines is 3. The second-order valence-corrected chi connectivity index (χ2v) is 4.18. The Labute approximate surface area is 110 Å². The van der Waals surface area contributed by atoms with E-state index in [0.717, 1.165) is 5.56 Å². The van der Waals surface area contributed by atoms with Gasteiger partial charge in [0.05, 0.1) is 11.4 Å². The summed E-state index contributed by atoms with van der Waals surface area (Å²) in [5.41, 5.74) is 8.28. The largest absolute Gasteiger partial charge is 0.397 e. The monoisotopic (exact) mass is 259 g/mol. The van der Waals surface area contributed by atoms with E-state index in [4.69, 9.17) is 5.73 Å². The minimum Gasteiger partial charge on any atom is -0.397 e. The van der Waals surface area contributed by atoms with Crippen molar-refractivity contribution in [3.05, 3.63) is 53.8 Å². The van der Waals surface area contributed by atoms with Gasteiger partial charge in [0.2, 0.25) is 0 Å². The Balaban J connectivity index is 2.05. The Morgan fingerprint density at radius 2 is 1.79 bits per heavy atom. The number of nitrogens with two attached hydrogens (primary N) is 1. The van der Waals surface area contributed by atoms with Gasteiger partial charge < -0.3 is 16.4 Å². The van der Waals surface area contributed by atoms with Crippen molar-refractivity contribution in [2.75, 3.05) is 16.4 Å². The Hall–Kier alpha value is -2.56. The predicted molar refractivity (Wildman–Crippen MR) is 74.6 cm³/mol. The number of amides is 2. The Kier molecular flexibility index (Phi) is 3.66. The molecule has 0 spiro atoms. The lowest BCUT2D eigenvalue weighted by Gasteiger charge is -2.10. The minimum absolute atomic E-state index is 0.353. The van der Waals surface area contributed by atoms with Crippen LogP contribution in [0.5, 0.6) is 0 Å². The third-order valence-corrected chi connectivity index (χ3v) is 2.56. The SMILES string of the molecule is Cc1ccc(N)c(NC(=O)Nc2ccc(F)cc2)c1. The lowest BCUT2D eigenvalue weighted by molar-refractivity contribution is 0.262. The molecular weight excluding hydrogens is 245 g/mol. The van der Waals surface area contributed by atoms with Gasteiger partial charge in [0.25, 0.3) is 0 Å². The van der Waals surface area contributed by atoms with Crippen LogP contribution >= 0.6 is 0 Å². The van der Waals surface area contributed by atoms with Crippen LogP contribution in [0.3, 0.4) is 0 Å². The summed E-state index contributed by atoms with van der Waals surface area (Å²) in [5.74, 6) is -0.353. The molecule has 0 fully saturated rings. The summed E-state index contributed by atoms with van der Waals surface area (Å²) < 4.78 is 12.7. The van der Waals surface area contributed by atoms with Gasteiger partial charge in [-0.25, -0.2) is 9.18 Å². The number of carbonyl (C=O) groups excluding carboxylic acids is 1. The summed E-state index contributed by atoms with van der Waals surface area (Å²) >= 11 is 0. The Morgan fingerprint density at radius 3 is 2.47 bits per heavy atom. The zero-order valence-corrected chi connectivity index (χ0v) is 10.4. The number of nitrogens with one attached hydrogen (secondary N) is 2. The molecule has 5 heteroatoms. The van der Waals surface area contributed by atoms with E-state index >= 15 is 0 Å². The molecule has 0 unspecified atom stereocenters. The molecule has 98 valence electrons. The number of halogens is 1. The number of carbonyl (C=O) groups is 1. The summed E-state index contributed by atoms with van der Waals surface area (Å²) in [5, 5.41) is 5.24. The van der Waals surface area contributed by atoms with E-state index in [1.165, 1.54) is 24.3 Å². The summed E-state index contributed by atoms with van der Waals surface area (Å²) in [6, 6.07) is 10.4. The van der Waals surface area contributed by atoms with Crippen molar-refractivity contribution in [2.24, 2.45) is 0 Å². The van der Waals surface area contributed by atoms with Crippen molar-refractivity contribution >= 4 is 23.1 Å². The summed E-state index contributed by atoms with van der Waals surface area (Å²) in [7, 11) is 0. The smallest absolute Gasteiger partial charge is 0.323 e. The maximum absolute atomic E-state index is 12.7. The fourth-order valence-electron chi connectivity index (χ4n) is 1.60. The highest BCUT2D eigenvalue weighted by molar-refractivity contribution is 6.01. The van der Waals surface area contributed by atoms with Gasteiger partial charge >= 0.3 is 6.03 Å². The van der Waals surface area contributed by atoms with Crippen LogP contribution in [0, 0.1) is 12.7 Å². The molecule has 4 nitrogen and oxygen atoms in total. The van der Waals surface area contributed by atoms with Gasteiger partial charge in [-0.15, -0.1) is 0 Å². The third-order valence-electron chi connectivity index (χ3n) is 2.56. The molecule has 0 saturated heterocycles. The van der Waals surface area contributed by atoms with Crippen LogP contribution < -0.4 is 16.4 Å². The van der Waals surface area contributed by atoms with Gasteiger partial charge in [0, 0.05) is 5.69 Å². The van der Waals surface area contributed by atoms with Gasteiger partial charge in [0.1, 0.15) is 5.82 Å². The van der Waals surface area contributed by atoms with Crippen LogP contribution in [0.4, 0.5) is 26.2 Å². The molecule has 19 heavy (non-hydrogen) atoms. The van der Waals surface area contributed by atoms with Gasteiger partial charge in [-0.1, -0.05) is 6.07 Å². The van der Waals surface area contributed by atoms with E-state index in [1.54, 1.807) is 12.1 Å². The maximum atomic E-state index is 12.7. The predicted octanol–water partition coefficient (Wildman–Crippen LogP) is 3.36. The zero-order valence-electron chi connectivity index (χ0n) is 10.4. The van der Waals surface area contributed by atoms with Crippen LogP contribution in [0.15, 0.2) is 42.5 Å². The Bertz CT molecular complexity index is 596. The second kappa shape index (κ2) is 5.39. The normalized spacial score (nSPS) is 10.0. The quantitative estimate of drug-likeness (QED) is 0.724. The second-order valence-electron chi connectivity index (χ2n) is 4.18. The standard InChI is InChI=1S/C14H14FN3O/c1-9-2-7-12(16)13(8-9)18-14(19)17-11-5-3-10(15)4-6-11/h2-8H,16H2,1H3,(H2,17,18,19). The molecule has 4 N–H and O–H groups in total. The first-order valence-corrected chi connectivity index (χ1v) is 5.74. The molecule has 0 saturated carbocycles. The van der Waals surface area contributed by atoms with E-state index < -0.39 is 6.03 Å². The summed E-state index contributed by atoms with van der Waals surface area (Å²) in [4.78, 5) is 11.8. The molecule has 0 aliphatic heterocycles. The lowest BCUT2D eigenvalue weighted by Crippen LogP contribution is -2.20. The minimum atomic E-state index is -0.427. The molecule has 2 aromatic rings. The van der Waals surface area contributed by atoms with Crippen molar-refractivity contribution in [2.45, 2.75) is 6.92 Å². The van der Waals surface area contributed by atoms with Crippen LogP contribution in [0.25, 0.3) is 0 Å². The highest BCUT2D eigenvalue weighted by Crippen LogP contribution is 2.19. The van der Waals surface area contributed by atoms with Gasteiger partial charge in [-0.2, -0.15) is 0 Å². The first-order valence-electron chi connectivity index (χ1n) is 5.74. The first-order chi connectivity index (χ1) is 9.04. The van der Waals surface area contributed by atoms with Crippen LogP contribution in [-0.4, -0.2) is 6.03 Å². The molecule has 0 atom stereocenters. The number of benzene rings is 2. The van der Waals surface area contributed by atoms with E-state index in [9.17, 15) is 9.18 Å². The van der Waals surface area contributed by atoms with Crippen LogP contribution in [-0.2, 0) is 0 Å². The van der Waals surface area contributed by atoms with E-state index in [-0.39, 0.29) is 5.82 Å². The Morgan fingerprint density at radius 1 is 1.11 bits per heavy atom. The van der Waals surface area contributed by atoms with Crippen molar-refractivity contribution in [1.29, 1.82) is 0 Å². The fourth-order valence-corrected chi connectivity index (χ4v) is 1.60. The van der Waals surface area contributed by atoms with Crippen molar-refractivity contribution in [3.8, 4) is 0 Å². The van der Waals surface area contributed by atoms with Crippen molar-refractivity contribution in [1.82, 2.24) is 0 Å². The molecule has 0 radical (unpaired) electrons. The van der Waals surface area contributed by atoms with Crippen LogP contribution in [0.2, 0.25) is 0 Å². The molecular formula is C14H14FN3O. The maximum Gasteiger partial charge on any atom is 0.323 e. The summed E-state index contributed by atoms with van der Waals surface area (Å²) in [6.07, 6.45) is 0. The average Bonchev–Trinajstić information content (AvgIpc) is 2.37. The summed E-state index contributed by atoms with van der Waals surface area (Å²) in [6.45, 7) is 1.91. The molecule has 0 aromatic heterocycles. The number of urea groups is 1. The van der Waals surface area contributed by atoms with Crippen LogP contribution in [0.1, 0.15) is 5.56 Å². The number of rotatable bonds is 2.